The molecule has 1 unspecified atom stereocenters. The van der Waals surface area contributed by atoms with Crippen LogP contribution in [0.15, 0.2) is 22.8 Å². The standard InChI is InChI=1S/C14H24N2OS/c1-13(2)6-8-18-11-14(13,10-15)16(3)9-12-5-4-7-17-12/h4-5,7H,6,8-11,15H2,1-3H3. The van der Waals surface area contributed by atoms with Crippen LogP contribution in [0.2, 0.25) is 0 Å². The molecule has 1 aromatic rings. The highest BCUT2D eigenvalue weighted by Crippen LogP contribution is 2.45. The molecule has 1 atom stereocenters. The van der Waals surface area contributed by atoms with Crippen LogP contribution in [0.5, 0.6) is 0 Å². The molecule has 1 fully saturated rings. The highest BCUT2D eigenvalue weighted by atomic mass is 32.2. The van der Waals surface area contributed by atoms with Crippen molar-refractivity contribution in [3.05, 3.63) is 24.2 Å². The lowest BCUT2D eigenvalue weighted by atomic mass is 9.70. The first-order valence-electron chi connectivity index (χ1n) is 6.53. The Morgan fingerprint density at radius 1 is 1.50 bits per heavy atom. The summed E-state index contributed by atoms with van der Waals surface area (Å²) in [7, 11) is 2.17. The van der Waals surface area contributed by atoms with E-state index >= 15 is 0 Å². The SMILES string of the molecule is CN(Cc1ccco1)C1(CN)CSCCC1(C)C. The van der Waals surface area contributed by atoms with E-state index in [-0.39, 0.29) is 11.0 Å². The summed E-state index contributed by atoms with van der Waals surface area (Å²) >= 11 is 2.02. The highest BCUT2D eigenvalue weighted by Gasteiger charge is 2.48. The first kappa shape index (κ1) is 14.0. The number of nitrogens with two attached hydrogens (primary N) is 1. The van der Waals surface area contributed by atoms with Gasteiger partial charge in [-0.15, -0.1) is 0 Å². The number of nitrogens with zero attached hydrogens (tertiary/aromatic N) is 1. The van der Waals surface area contributed by atoms with E-state index in [1.54, 1.807) is 6.26 Å². The second-order valence-corrected chi connectivity index (χ2v) is 6.96. The quantitative estimate of drug-likeness (QED) is 0.911. The van der Waals surface area contributed by atoms with Crippen molar-refractivity contribution >= 4 is 11.8 Å². The van der Waals surface area contributed by atoms with Gasteiger partial charge in [0, 0.05) is 17.8 Å². The number of rotatable bonds is 4. The first-order valence-corrected chi connectivity index (χ1v) is 7.69. The van der Waals surface area contributed by atoms with Crippen molar-refractivity contribution in [1.82, 2.24) is 4.90 Å². The minimum Gasteiger partial charge on any atom is -0.468 e. The summed E-state index contributed by atoms with van der Waals surface area (Å²) in [5.74, 6) is 3.36. The predicted octanol–water partition coefficient (Wildman–Crippen LogP) is 2.57. The molecule has 2 rings (SSSR count). The van der Waals surface area contributed by atoms with Crippen molar-refractivity contribution in [3.8, 4) is 0 Å². The van der Waals surface area contributed by atoms with Crippen LogP contribution in [-0.4, -0.2) is 35.5 Å². The third-order valence-corrected chi connectivity index (χ3v) is 5.69. The molecule has 4 heteroatoms. The number of hydrogen-bond acceptors (Lipinski definition) is 4. The second-order valence-electron chi connectivity index (χ2n) is 5.86. The van der Waals surface area contributed by atoms with Gasteiger partial charge in [-0.3, -0.25) is 4.90 Å². The van der Waals surface area contributed by atoms with Crippen LogP contribution >= 0.6 is 11.8 Å². The lowest BCUT2D eigenvalue weighted by Crippen LogP contribution is -2.64. The van der Waals surface area contributed by atoms with Gasteiger partial charge in [0.05, 0.1) is 12.8 Å². The van der Waals surface area contributed by atoms with E-state index in [9.17, 15) is 0 Å². The smallest absolute Gasteiger partial charge is 0.117 e. The first-order chi connectivity index (χ1) is 8.52. The molecular weight excluding hydrogens is 244 g/mol. The van der Waals surface area contributed by atoms with Crippen molar-refractivity contribution in [2.75, 3.05) is 25.1 Å². The molecule has 0 aromatic carbocycles. The molecule has 2 heterocycles. The summed E-state index contributed by atoms with van der Waals surface area (Å²) in [5, 5.41) is 0. The maximum Gasteiger partial charge on any atom is 0.117 e. The average Bonchev–Trinajstić information content (AvgIpc) is 2.81. The van der Waals surface area contributed by atoms with Crippen molar-refractivity contribution in [1.29, 1.82) is 0 Å². The third kappa shape index (κ3) is 2.33. The van der Waals surface area contributed by atoms with Crippen molar-refractivity contribution < 1.29 is 4.42 Å². The van der Waals surface area contributed by atoms with Gasteiger partial charge >= 0.3 is 0 Å². The maximum atomic E-state index is 6.16. The fourth-order valence-electron chi connectivity index (χ4n) is 2.90. The molecule has 0 bridgehead atoms. The minimum atomic E-state index is 0.0582. The average molecular weight is 268 g/mol. The normalized spacial score (nSPS) is 27.6. The second kappa shape index (κ2) is 5.27. The van der Waals surface area contributed by atoms with E-state index < -0.39 is 0 Å². The van der Waals surface area contributed by atoms with Crippen LogP contribution in [0.4, 0.5) is 0 Å². The van der Waals surface area contributed by atoms with E-state index in [0.717, 1.165) is 18.1 Å². The number of hydrogen-bond donors (Lipinski definition) is 1. The molecule has 1 saturated heterocycles. The Kier molecular flexibility index (Phi) is 4.09. The predicted molar refractivity (Wildman–Crippen MR) is 77.7 cm³/mol. The fraction of sp³-hybridized carbons (Fsp3) is 0.714. The molecule has 1 aliphatic rings. The van der Waals surface area contributed by atoms with Gasteiger partial charge in [-0.25, -0.2) is 0 Å². The summed E-state index contributed by atoms with van der Waals surface area (Å²) < 4.78 is 5.46. The van der Waals surface area contributed by atoms with E-state index in [1.807, 2.05) is 23.9 Å². The molecule has 2 N–H and O–H groups in total. The van der Waals surface area contributed by atoms with Crippen LogP contribution in [0.3, 0.4) is 0 Å². The zero-order chi connectivity index (χ0) is 13.2. The minimum absolute atomic E-state index is 0.0582. The van der Waals surface area contributed by atoms with Gasteiger partial charge in [-0.2, -0.15) is 11.8 Å². The van der Waals surface area contributed by atoms with Gasteiger partial charge in [0.25, 0.3) is 0 Å². The van der Waals surface area contributed by atoms with Gasteiger partial charge < -0.3 is 10.2 Å². The van der Waals surface area contributed by atoms with Crippen LogP contribution in [-0.2, 0) is 6.54 Å². The number of thioether (sulfide) groups is 1. The molecule has 0 radical (unpaired) electrons. The van der Waals surface area contributed by atoms with Crippen LogP contribution < -0.4 is 5.73 Å². The van der Waals surface area contributed by atoms with Gasteiger partial charge in [0.1, 0.15) is 5.76 Å². The zero-order valence-electron chi connectivity index (χ0n) is 11.6. The number of furan rings is 1. The maximum absolute atomic E-state index is 6.16. The van der Waals surface area contributed by atoms with E-state index in [2.05, 4.69) is 25.8 Å². The lowest BCUT2D eigenvalue weighted by molar-refractivity contribution is 0.0109. The van der Waals surface area contributed by atoms with Crippen LogP contribution in [0.25, 0.3) is 0 Å². The zero-order valence-corrected chi connectivity index (χ0v) is 12.4. The molecule has 0 spiro atoms. The molecule has 0 aliphatic carbocycles. The van der Waals surface area contributed by atoms with E-state index in [1.165, 1.54) is 12.2 Å². The molecule has 3 nitrogen and oxygen atoms in total. The summed E-state index contributed by atoms with van der Waals surface area (Å²) in [4.78, 5) is 2.39. The Balaban J connectivity index is 2.20. The van der Waals surface area contributed by atoms with E-state index in [4.69, 9.17) is 10.2 Å². The highest BCUT2D eigenvalue weighted by molar-refractivity contribution is 7.99. The molecule has 18 heavy (non-hydrogen) atoms. The Morgan fingerprint density at radius 2 is 2.28 bits per heavy atom. The molecule has 1 aromatic heterocycles. The van der Waals surface area contributed by atoms with Gasteiger partial charge in [0.15, 0.2) is 0 Å². The Hall–Kier alpha value is -0.450. The van der Waals surface area contributed by atoms with Gasteiger partial charge in [-0.05, 0) is 36.8 Å². The van der Waals surface area contributed by atoms with E-state index in [0.29, 0.717) is 6.54 Å². The lowest BCUT2D eigenvalue weighted by Gasteiger charge is -2.54. The van der Waals surface area contributed by atoms with Crippen molar-refractivity contribution in [2.24, 2.45) is 11.1 Å². The molecule has 0 amide bonds. The van der Waals surface area contributed by atoms with Crippen molar-refractivity contribution in [3.63, 3.8) is 0 Å². The summed E-state index contributed by atoms with van der Waals surface area (Å²) in [6.45, 7) is 6.22. The van der Waals surface area contributed by atoms with Gasteiger partial charge in [-0.1, -0.05) is 13.8 Å². The van der Waals surface area contributed by atoms with Crippen LogP contribution in [0, 0.1) is 5.41 Å². The molecule has 0 saturated carbocycles. The molecular formula is C14H24N2OS. The Morgan fingerprint density at radius 3 is 2.83 bits per heavy atom. The topological polar surface area (TPSA) is 42.4 Å². The summed E-state index contributed by atoms with van der Waals surface area (Å²) in [5.41, 5.74) is 6.46. The largest absolute Gasteiger partial charge is 0.468 e. The molecule has 102 valence electrons. The molecule has 1 aliphatic heterocycles. The number of likely N-dealkylation sites (N-methyl/N-ethyl adjacent to an activating group) is 1. The monoisotopic (exact) mass is 268 g/mol. The summed E-state index contributed by atoms with van der Waals surface area (Å²) in [6.07, 6.45) is 2.95. The Labute approximate surface area is 114 Å². The Bertz CT molecular complexity index is 377. The third-order valence-electron chi connectivity index (χ3n) is 4.51. The fourth-order valence-corrected chi connectivity index (χ4v) is 4.77. The van der Waals surface area contributed by atoms with Crippen molar-refractivity contribution in [2.45, 2.75) is 32.4 Å². The van der Waals surface area contributed by atoms with Gasteiger partial charge in [0.2, 0.25) is 0 Å². The summed E-state index contributed by atoms with van der Waals surface area (Å²) in [6, 6.07) is 3.97. The van der Waals surface area contributed by atoms with Crippen LogP contribution in [0.1, 0.15) is 26.0 Å².